The average Bonchev–Trinajstić information content (AvgIpc) is 2.69. The zero-order valence-corrected chi connectivity index (χ0v) is 11.0. The van der Waals surface area contributed by atoms with Gasteiger partial charge >= 0.3 is 0 Å². The van der Waals surface area contributed by atoms with Gasteiger partial charge in [0.05, 0.1) is 16.6 Å². The van der Waals surface area contributed by atoms with Gasteiger partial charge in [0, 0.05) is 17.5 Å². The highest BCUT2D eigenvalue weighted by Gasteiger charge is 2.12. The maximum atomic E-state index is 6.09. The summed E-state index contributed by atoms with van der Waals surface area (Å²) in [5.41, 5.74) is 4.69. The molecule has 0 fully saturated rings. The maximum absolute atomic E-state index is 6.09. The van der Waals surface area contributed by atoms with E-state index in [0.29, 0.717) is 0 Å². The molecule has 2 heterocycles. The molecule has 0 amide bonds. The van der Waals surface area contributed by atoms with Gasteiger partial charge in [-0.15, -0.1) is 0 Å². The van der Waals surface area contributed by atoms with Gasteiger partial charge in [0.25, 0.3) is 0 Å². The van der Waals surface area contributed by atoms with Crippen molar-refractivity contribution in [3.63, 3.8) is 0 Å². The van der Waals surface area contributed by atoms with Gasteiger partial charge < -0.3 is 4.57 Å². The number of fused-ring (bicyclic) bond motifs is 4. The summed E-state index contributed by atoms with van der Waals surface area (Å²) in [6.45, 7) is 0. The van der Waals surface area contributed by atoms with Gasteiger partial charge in [0.2, 0.25) is 0 Å². The quantitative estimate of drug-likeness (QED) is 0.483. The van der Waals surface area contributed by atoms with Crippen molar-refractivity contribution in [3.8, 4) is 0 Å². The second-order valence-corrected chi connectivity index (χ2v) is 5.04. The summed E-state index contributed by atoms with van der Waals surface area (Å²) in [7, 11) is 2.00. The molecule has 0 aliphatic heterocycles. The fourth-order valence-electron chi connectivity index (χ4n) is 2.51. The topological polar surface area (TPSA) is 30.7 Å². The average molecular weight is 268 g/mol. The minimum atomic E-state index is 0.718. The number of rotatable bonds is 0. The van der Waals surface area contributed by atoms with E-state index in [0.717, 1.165) is 38.1 Å². The third-order valence-corrected chi connectivity index (χ3v) is 3.68. The lowest BCUT2D eigenvalue weighted by molar-refractivity contribution is 0.992. The molecule has 4 aromatic rings. The summed E-state index contributed by atoms with van der Waals surface area (Å²) >= 11 is 6.09. The summed E-state index contributed by atoms with van der Waals surface area (Å²) < 4.78 is 2.06. The molecule has 3 nitrogen and oxygen atoms in total. The second kappa shape index (κ2) is 3.68. The van der Waals surface area contributed by atoms with Crippen LogP contribution in [0.3, 0.4) is 0 Å². The fourth-order valence-corrected chi connectivity index (χ4v) is 2.68. The first-order chi connectivity index (χ1) is 9.24. The predicted molar refractivity (Wildman–Crippen MR) is 78.5 cm³/mol. The van der Waals surface area contributed by atoms with E-state index >= 15 is 0 Å². The molecule has 2 aromatic carbocycles. The van der Waals surface area contributed by atoms with Gasteiger partial charge in [-0.05, 0) is 30.3 Å². The van der Waals surface area contributed by atoms with Crippen LogP contribution in [-0.4, -0.2) is 14.5 Å². The smallest absolute Gasteiger partial charge is 0.160 e. The number of halogens is 1. The van der Waals surface area contributed by atoms with Crippen molar-refractivity contribution in [2.75, 3.05) is 0 Å². The molecule has 0 atom stereocenters. The Labute approximate surface area is 114 Å². The highest BCUT2D eigenvalue weighted by molar-refractivity contribution is 6.31. The lowest BCUT2D eigenvalue weighted by atomic mass is 10.2. The van der Waals surface area contributed by atoms with Gasteiger partial charge in [-0.25, -0.2) is 9.97 Å². The van der Waals surface area contributed by atoms with E-state index in [1.807, 2.05) is 49.5 Å². The van der Waals surface area contributed by atoms with Crippen LogP contribution in [0.25, 0.3) is 33.1 Å². The zero-order chi connectivity index (χ0) is 13.0. The van der Waals surface area contributed by atoms with Crippen molar-refractivity contribution < 1.29 is 0 Å². The number of hydrogen-bond donors (Lipinski definition) is 0. The second-order valence-electron chi connectivity index (χ2n) is 4.61. The molecule has 0 N–H and O–H groups in total. The first kappa shape index (κ1) is 10.8. The Morgan fingerprint density at radius 2 is 1.74 bits per heavy atom. The van der Waals surface area contributed by atoms with Gasteiger partial charge in [0.1, 0.15) is 5.52 Å². The molecule has 92 valence electrons. The standard InChI is InChI=1S/C15H10ClN3/c1-19-13-7-6-9(16)8-10(13)14-15(19)18-12-5-3-2-4-11(12)17-14/h2-8H,1H3. The Morgan fingerprint density at radius 1 is 1.00 bits per heavy atom. The number of hydrogen-bond acceptors (Lipinski definition) is 2. The number of aromatic nitrogens is 3. The van der Waals surface area contributed by atoms with Gasteiger partial charge in [-0.1, -0.05) is 23.7 Å². The van der Waals surface area contributed by atoms with Crippen LogP contribution in [0.4, 0.5) is 0 Å². The predicted octanol–water partition coefficient (Wildman–Crippen LogP) is 3.93. The first-order valence-electron chi connectivity index (χ1n) is 6.04. The first-order valence-corrected chi connectivity index (χ1v) is 6.42. The number of nitrogens with zero attached hydrogens (tertiary/aromatic N) is 3. The SMILES string of the molecule is Cn1c2ccc(Cl)cc2c2nc3ccccc3nc21. The maximum Gasteiger partial charge on any atom is 0.160 e. The number of para-hydroxylation sites is 2. The minimum Gasteiger partial charge on any atom is -0.327 e. The third kappa shape index (κ3) is 1.45. The van der Waals surface area contributed by atoms with Crippen molar-refractivity contribution in [1.82, 2.24) is 14.5 Å². The molecule has 0 spiro atoms. The molecule has 0 bridgehead atoms. The van der Waals surface area contributed by atoms with Crippen molar-refractivity contribution in [2.45, 2.75) is 0 Å². The van der Waals surface area contributed by atoms with E-state index in [2.05, 4.69) is 4.57 Å². The van der Waals surface area contributed by atoms with Crippen LogP contribution in [-0.2, 0) is 7.05 Å². The molecule has 4 heteroatoms. The number of benzene rings is 2. The van der Waals surface area contributed by atoms with Crippen LogP contribution in [0.15, 0.2) is 42.5 Å². The van der Waals surface area contributed by atoms with Crippen molar-refractivity contribution in [1.29, 1.82) is 0 Å². The Morgan fingerprint density at radius 3 is 2.53 bits per heavy atom. The van der Waals surface area contributed by atoms with Crippen LogP contribution in [0, 0.1) is 0 Å². The van der Waals surface area contributed by atoms with E-state index in [4.69, 9.17) is 21.6 Å². The largest absolute Gasteiger partial charge is 0.327 e. The van der Waals surface area contributed by atoms with Crippen molar-refractivity contribution in [3.05, 3.63) is 47.5 Å². The Hall–Kier alpha value is -2.13. The summed E-state index contributed by atoms with van der Waals surface area (Å²) in [6, 6.07) is 13.7. The molecule has 0 aliphatic carbocycles. The van der Waals surface area contributed by atoms with Crippen LogP contribution < -0.4 is 0 Å². The normalized spacial score (nSPS) is 11.7. The Balaban J connectivity index is 2.30. The van der Waals surface area contributed by atoms with E-state index in [1.165, 1.54) is 0 Å². The summed E-state index contributed by atoms with van der Waals surface area (Å²) in [5.74, 6) is 0. The molecule has 19 heavy (non-hydrogen) atoms. The molecule has 0 saturated heterocycles. The Bertz CT molecular complexity index is 940. The molecule has 4 rings (SSSR count). The fraction of sp³-hybridized carbons (Fsp3) is 0.0667. The van der Waals surface area contributed by atoms with Crippen LogP contribution in [0.5, 0.6) is 0 Å². The highest BCUT2D eigenvalue weighted by Crippen LogP contribution is 2.29. The van der Waals surface area contributed by atoms with Crippen molar-refractivity contribution in [2.24, 2.45) is 7.05 Å². The van der Waals surface area contributed by atoms with Gasteiger partial charge in [0.15, 0.2) is 5.65 Å². The lowest BCUT2D eigenvalue weighted by Crippen LogP contribution is -1.91. The zero-order valence-electron chi connectivity index (χ0n) is 10.3. The van der Waals surface area contributed by atoms with E-state index in [1.54, 1.807) is 0 Å². The summed E-state index contributed by atoms with van der Waals surface area (Å²) in [6.07, 6.45) is 0. The lowest BCUT2D eigenvalue weighted by Gasteiger charge is -1.98. The Kier molecular flexibility index (Phi) is 2.09. The molecular formula is C15H10ClN3. The van der Waals surface area contributed by atoms with Crippen LogP contribution in [0.2, 0.25) is 5.02 Å². The van der Waals surface area contributed by atoms with Crippen LogP contribution in [0.1, 0.15) is 0 Å². The van der Waals surface area contributed by atoms with Crippen LogP contribution >= 0.6 is 11.6 Å². The van der Waals surface area contributed by atoms with Gasteiger partial charge in [-0.2, -0.15) is 0 Å². The molecule has 0 aliphatic rings. The molecule has 2 aromatic heterocycles. The van der Waals surface area contributed by atoms with E-state index < -0.39 is 0 Å². The van der Waals surface area contributed by atoms with Gasteiger partial charge in [-0.3, -0.25) is 0 Å². The number of aryl methyl sites for hydroxylation is 1. The van der Waals surface area contributed by atoms with Crippen molar-refractivity contribution >= 4 is 44.7 Å². The molecular weight excluding hydrogens is 258 g/mol. The third-order valence-electron chi connectivity index (χ3n) is 3.44. The summed E-state index contributed by atoms with van der Waals surface area (Å²) in [5, 5.41) is 1.76. The molecule has 0 saturated carbocycles. The minimum absolute atomic E-state index is 0.718. The van der Waals surface area contributed by atoms with E-state index in [9.17, 15) is 0 Å². The molecule has 0 radical (unpaired) electrons. The highest BCUT2D eigenvalue weighted by atomic mass is 35.5. The monoisotopic (exact) mass is 267 g/mol. The van der Waals surface area contributed by atoms with E-state index in [-0.39, 0.29) is 0 Å². The molecule has 0 unspecified atom stereocenters. The summed E-state index contributed by atoms with van der Waals surface area (Å²) in [4.78, 5) is 9.43.